The SMILES string of the molecule is BC/C(B)=C(/c1nc(-c2c(B)c(B)c(B)c(B)c2B)nc(-n2c3ccccc3c3c4c(ccc32)c2ccccc2n4C2=CC(C3C=CC=CC3)CC=C2)n1)C(B)C(B)C(B)=C. The lowest BCUT2D eigenvalue weighted by Gasteiger charge is -2.26. The van der Waals surface area contributed by atoms with Crippen molar-refractivity contribution in [3.8, 4) is 17.3 Å². The van der Waals surface area contributed by atoms with Crippen molar-refractivity contribution in [2.75, 3.05) is 0 Å². The Morgan fingerprint density at radius 3 is 2.02 bits per heavy atom. The maximum Gasteiger partial charge on any atom is 0.238 e. The summed E-state index contributed by atoms with van der Waals surface area (Å²) in [5, 5.41) is 4.86. The molecule has 0 aliphatic heterocycles. The van der Waals surface area contributed by atoms with Gasteiger partial charge in [0.2, 0.25) is 5.95 Å². The van der Waals surface area contributed by atoms with Crippen LogP contribution in [0.1, 0.15) is 18.7 Å². The summed E-state index contributed by atoms with van der Waals surface area (Å²) in [4.78, 5) is 16.6. The van der Waals surface area contributed by atoms with E-state index in [4.69, 9.17) is 15.0 Å². The molecule has 3 aromatic heterocycles. The largest absolute Gasteiger partial charge is 0.309 e. The van der Waals surface area contributed by atoms with Crippen LogP contribution in [0.2, 0.25) is 18.0 Å². The number of hydrogen-bond donors (Lipinski definition) is 0. The molecule has 0 saturated heterocycles. The zero-order chi connectivity index (χ0) is 42.9. The lowest BCUT2D eigenvalue weighted by molar-refractivity contribution is 0.478. The van der Waals surface area contributed by atoms with Crippen molar-refractivity contribution in [2.24, 2.45) is 11.8 Å². The van der Waals surface area contributed by atoms with Gasteiger partial charge in [-0.2, -0.15) is 9.97 Å². The zero-order valence-electron chi connectivity index (χ0n) is 37.7. The second-order valence-corrected chi connectivity index (χ2v) is 17.9. The predicted molar refractivity (Wildman–Crippen MR) is 292 cm³/mol. The van der Waals surface area contributed by atoms with E-state index in [-0.39, 0.29) is 11.6 Å². The lowest BCUT2D eigenvalue weighted by Crippen LogP contribution is -2.55. The summed E-state index contributed by atoms with van der Waals surface area (Å²) in [7, 11) is 22.3. The molecule has 0 N–H and O–H groups in total. The molecule has 0 spiro atoms. The third kappa shape index (κ3) is 6.74. The van der Waals surface area contributed by atoms with Crippen LogP contribution in [0, 0.1) is 11.8 Å². The van der Waals surface area contributed by atoms with Crippen LogP contribution < -0.4 is 27.3 Å². The van der Waals surface area contributed by atoms with Crippen LogP contribution >= 0.6 is 0 Å². The van der Waals surface area contributed by atoms with Gasteiger partial charge >= 0.3 is 0 Å². The Labute approximate surface area is 369 Å². The van der Waals surface area contributed by atoms with Gasteiger partial charge in [-0.15, -0.1) is 33.9 Å². The zero-order valence-corrected chi connectivity index (χ0v) is 37.7. The molecule has 9 rings (SSSR count). The number of benzene rings is 4. The minimum atomic E-state index is 0.151. The molecule has 3 heterocycles. The van der Waals surface area contributed by atoms with Crippen LogP contribution in [-0.2, 0) is 0 Å². The first-order valence-corrected chi connectivity index (χ1v) is 22.3. The summed E-state index contributed by atoms with van der Waals surface area (Å²) in [5.74, 6) is 3.39. The van der Waals surface area contributed by atoms with Gasteiger partial charge in [0.05, 0.1) is 22.1 Å². The number of hydrogen-bond acceptors (Lipinski definition) is 3. The molecule has 288 valence electrons. The van der Waals surface area contributed by atoms with E-state index in [1.807, 2.05) is 0 Å². The molecule has 4 aromatic carbocycles. The maximum absolute atomic E-state index is 5.56. The van der Waals surface area contributed by atoms with Crippen molar-refractivity contribution in [2.45, 2.75) is 30.8 Å². The average molecular weight is 780 g/mol. The smallest absolute Gasteiger partial charge is 0.238 e. The van der Waals surface area contributed by atoms with E-state index in [2.05, 4.69) is 197 Å². The highest BCUT2D eigenvalue weighted by Crippen LogP contribution is 2.44. The molecule has 0 radical (unpaired) electrons. The Kier molecular flexibility index (Phi) is 10.8. The Bertz CT molecular complexity index is 3110. The van der Waals surface area contributed by atoms with Gasteiger partial charge in [-0.1, -0.05) is 102 Å². The first-order chi connectivity index (χ1) is 29.4. The first-order valence-electron chi connectivity index (χ1n) is 22.3. The average Bonchev–Trinajstić information content (AvgIpc) is 3.80. The van der Waals surface area contributed by atoms with Gasteiger partial charge in [-0.05, 0) is 60.3 Å². The third-order valence-corrected chi connectivity index (χ3v) is 14.6. The Balaban J connectivity index is 1.39. The molecule has 0 amide bonds. The molecule has 15 heteroatoms. The Hall–Kier alpha value is -5.42. The van der Waals surface area contributed by atoms with Gasteiger partial charge in [-0.25, -0.2) is 4.98 Å². The van der Waals surface area contributed by atoms with Gasteiger partial charge in [-0.3, -0.25) is 4.57 Å². The van der Waals surface area contributed by atoms with Crippen molar-refractivity contribution in [3.05, 3.63) is 127 Å². The van der Waals surface area contributed by atoms with E-state index < -0.39 is 0 Å². The van der Waals surface area contributed by atoms with E-state index >= 15 is 0 Å². The summed E-state index contributed by atoms with van der Waals surface area (Å²) in [5.41, 5.74) is 16.8. The third-order valence-electron chi connectivity index (χ3n) is 14.6. The van der Waals surface area contributed by atoms with Crippen molar-refractivity contribution < 1.29 is 0 Å². The van der Waals surface area contributed by atoms with Gasteiger partial charge in [0.1, 0.15) is 78.5 Å². The molecule has 4 atom stereocenters. The Morgan fingerprint density at radius 2 is 1.34 bits per heavy atom. The van der Waals surface area contributed by atoms with Crippen LogP contribution in [0.25, 0.3) is 72.2 Å². The highest BCUT2D eigenvalue weighted by Gasteiger charge is 2.28. The fourth-order valence-electron chi connectivity index (χ4n) is 10.2. The van der Waals surface area contributed by atoms with Gasteiger partial charge in [0, 0.05) is 32.8 Å². The highest BCUT2D eigenvalue weighted by molar-refractivity contribution is 6.68. The fraction of sp³-hybridized carbons (Fsp3) is 0.152. The minimum absolute atomic E-state index is 0.151. The van der Waals surface area contributed by atoms with E-state index in [0.717, 1.165) is 47.1 Å². The van der Waals surface area contributed by atoms with Crippen LogP contribution in [0.5, 0.6) is 0 Å². The van der Waals surface area contributed by atoms with Crippen molar-refractivity contribution >= 4 is 161 Å². The van der Waals surface area contributed by atoms with Crippen molar-refractivity contribution in [3.63, 3.8) is 0 Å². The van der Waals surface area contributed by atoms with Crippen molar-refractivity contribution in [1.29, 1.82) is 0 Å². The number of rotatable bonds is 9. The van der Waals surface area contributed by atoms with E-state index in [1.54, 1.807) is 0 Å². The molecule has 4 unspecified atom stereocenters. The van der Waals surface area contributed by atoms with E-state index in [9.17, 15) is 0 Å². The molecule has 5 nitrogen and oxygen atoms in total. The van der Waals surface area contributed by atoms with Crippen molar-refractivity contribution in [1.82, 2.24) is 24.1 Å². The predicted octanol–water partition coefficient (Wildman–Crippen LogP) is -2.03. The van der Waals surface area contributed by atoms with Gasteiger partial charge < -0.3 is 4.57 Å². The normalized spacial score (nSPS) is 17.9. The summed E-state index contributed by atoms with van der Waals surface area (Å²) >= 11 is 0. The number of nitrogens with zero attached hydrogens (tertiary/aromatic N) is 5. The molecule has 0 fully saturated rings. The second kappa shape index (κ2) is 16.1. The topological polar surface area (TPSA) is 48.5 Å². The summed E-state index contributed by atoms with van der Waals surface area (Å²) in [6.45, 7) is 4.39. The standard InChI is InChI=1S/C46H49B10N5/c1-22(48)36(50)37(51)34(29(49)21-47)44-57-45(35-38(52)40(54)42(56)41(55)39(35)53)59-46(58-44)61-31-17-8-6-15-28(31)33-32(61)19-18-27-26-14-5-7-16-30(26)60(43(27)33)25-13-9-12-24(20-25)23-10-3-2-4-11-23/h2-10,13-20,23-24,36-37H,1,11-12,21,47-56H2/b34-29-. The maximum atomic E-state index is 5.56. The van der Waals surface area contributed by atoms with Crippen LogP contribution in [0.4, 0.5) is 0 Å². The Morgan fingerprint density at radius 1 is 0.689 bits per heavy atom. The molecule has 2 aliphatic carbocycles. The number of fused-ring (bicyclic) bond motifs is 7. The molecule has 61 heavy (non-hydrogen) atoms. The van der Waals surface area contributed by atoms with Gasteiger partial charge in [0.15, 0.2) is 11.6 Å². The number of allylic oxidation sites excluding steroid dienone is 11. The first kappa shape index (κ1) is 41.0. The summed E-state index contributed by atoms with van der Waals surface area (Å²) in [6.07, 6.45) is 19.3. The molecule has 0 saturated carbocycles. The van der Waals surface area contributed by atoms with Crippen LogP contribution in [0.15, 0.2) is 121 Å². The highest BCUT2D eigenvalue weighted by atomic mass is 15.2. The number of aromatic nitrogens is 5. The molecule has 2 aliphatic rings. The number of para-hydroxylation sites is 2. The molecular formula is C46H49B10N5. The monoisotopic (exact) mass is 781 g/mol. The van der Waals surface area contributed by atoms with E-state index in [0.29, 0.717) is 23.6 Å². The summed E-state index contributed by atoms with van der Waals surface area (Å²) in [6, 6.07) is 22.3. The lowest BCUT2D eigenvalue weighted by atomic mass is 9.55. The fourth-order valence-corrected chi connectivity index (χ4v) is 10.2. The second-order valence-electron chi connectivity index (χ2n) is 17.9. The molecule has 7 aromatic rings. The molecule has 0 bridgehead atoms. The van der Waals surface area contributed by atoms with E-state index in [1.165, 1.54) is 76.6 Å². The van der Waals surface area contributed by atoms with Crippen LogP contribution in [0.3, 0.4) is 0 Å². The summed E-state index contributed by atoms with van der Waals surface area (Å²) < 4.78 is 4.83. The quantitative estimate of drug-likeness (QED) is 0.159. The minimum Gasteiger partial charge on any atom is -0.309 e. The van der Waals surface area contributed by atoms with Gasteiger partial charge in [0.25, 0.3) is 0 Å². The molecular weight excluding hydrogens is 731 g/mol. The van der Waals surface area contributed by atoms with Crippen LogP contribution in [-0.4, -0.2) is 103 Å².